The predicted octanol–water partition coefficient (Wildman–Crippen LogP) is 1.77. The molecule has 0 radical (unpaired) electrons. The summed E-state index contributed by atoms with van der Waals surface area (Å²) in [6.45, 7) is 2.78. The van der Waals surface area contributed by atoms with E-state index in [1.165, 1.54) is 0 Å². The summed E-state index contributed by atoms with van der Waals surface area (Å²) in [5.74, 6) is 0.692. The predicted molar refractivity (Wildman–Crippen MR) is 72.4 cm³/mol. The molecule has 5 nitrogen and oxygen atoms in total. The Morgan fingerprint density at radius 1 is 1.26 bits per heavy atom. The zero-order valence-corrected chi connectivity index (χ0v) is 11.0. The van der Waals surface area contributed by atoms with Crippen LogP contribution in [-0.4, -0.2) is 30.3 Å². The number of nitrogens with one attached hydrogen (secondary N) is 1. The molecule has 0 fully saturated rings. The fourth-order valence-corrected chi connectivity index (χ4v) is 1.76. The molecule has 1 heterocycles. The van der Waals surface area contributed by atoms with Crippen molar-refractivity contribution >= 4 is 0 Å². The van der Waals surface area contributed by atoms with Crippen LogP contribution in [-0.2, 0) is 4.74 Å². The molecule has 0 saturated heterocycles. The van der Waals surface area contributed by atoms with Gasteiger partial charge in [0, 0.05) is 18.4 Å². The van der Waals surface area contributed by atoms with Gasteiger partial charge >= 0.3 is 5.69 Å². The van der Waals surface area contributed by atoms with Crippen LogP contribution in [0.25, 0.3) is 11.3 Å². The van der Waals surface area contributed by atoms with E-state index < -0.39 is 0 Å². The Hall–Kier alpha value is -2.14. The number of benzene rings is 1. The summed E-state index contributed by atoms with van der Waals surface area (Å²) in [5.41, 5.74) is 1.81. The van der Waals surface area contributed by atoms with E-state index >= 15 is 0 Å². The molecule has 0 aliphatic rings. The van der Waals surface area contributed by atoms with Gasteiger partial charge in [0.2, 0.25) is 0 Å². The van der Waals surface area contributed by atoms with Crippen molar-refractivity contribution in [3.63, 3.8) is 0 Å². The normalized spacial score (nSPS) is 10.4. The van der Waals surface area contributed by atoms with Crippen LogP contribution < -0.4 is 10.4 Å². The minimum Gasteiger partial charge on any atom is -0.490 e. The van der Waals surface area contributed by atoms with Crippen molar-refractivity contribution in [2.45, 2.75) is 6.92 Å². The third-order valence-electron chi connectivity index (χ3n) is 2.59. The summed E-state index contributed by atoms with van der Waals surface area (Å²) in [7, 11) is 1.62. The number of H-pyrrole nitrogens is 1. The topological polar surface area (TPSA) is 64.2 Å². The number of methoxy groups -OCH3 is 1. The van der Waals surface area contributed by atoms with E-state index in [4.69, 9.17) is 9.47 Å². The lowest BCUT2D eigenvalue weighted by molar-refractivity contribution is 0.146. The lowest BCUT2D eigenvalue weighted by atomic mass is 10.1. The van der Waals surface area contributed by atoms with Crippen LogP contribution in [0.3, 0.4) is 0 Å². The Morgan fingerprint density at radius 3 is 2.79 bits per heavy atom. The summed E-state index contributed by atoms with van der Waals surface area (Å²) in [5, 5.41) is 0. The summed E-state index contributed by atoms with van der Waals surface area (Å²) >= 11 is 0. The van der Waals surface area contributed by atoms with Crippen LogP contribution in [0, 0.1) is 6.92 Å². The average molecular weight is 260 g/mol. The molecule has 0 bridgehead atoms. The summed E-state index contributed by atoms with van der Waals surface area (Å²) in [6.07, 6.45) is 0. The molecule has 0 aliphatic heterocycles. The van der Waals surface area contributed by atoms with E-state index in [2.05, 4.69) is 9.97 Å². The number of hydrogen-bond donors (Lipinski definition) is 1. The van der Waals surface area contributed by atoms with Gasteiger partial charge in [-0.25, -0.2) is 4.79 Å². The largest absolute Gasteiger partial charge is 0.490 e. The first-order chi connectivity index (χ1) is 9.20. The van der Waals surface area contributed by atoms with Crippen LogP contribution in [0.5, 0.6) is 5.75 Å². The van der Waals surface area contributed by atoms with Crippen molar-refractivity contribution in [1.82, 2.24) is 9.97 Å². The van der Waals surface area contributed by atoms with Gasteiger partial charge in [0.25, 0.3) is 0 Å². The maximum Gasteiger partial charge on any atom is 0.345 e. The second-order valence-electron chi connectivity index (χ2n) is 4.09. The number of aromatic nitrogens is 2. The highest BCUT2D eigenvalue weighted by Crippen LogP contribution is 2.27. The molecule has 2 aromatic rings. The molecule has 0 aliphatic carbocycles. The summed E-state index contributed by atoms with van der Waals surface area (Å²) < 4.78 is 10.6. The lowest BCUT2D eigenvalue weighted by Crippen LogP contribution is -2.12. The van der Waals surface area contributed by atoms with Crippen molar-refractivity contribution in [3.05, 3.63) is 46.5 Å². The number of aryl methyl sites for hydroxylation is 1. The maximum absolute atomic E-state index is 11.4. The van der Waals surface area contributed by atoms with Gasteiger partial charge in [0.05, 0.1) is 12.3 Å². The molecule has 5 heteroatoms. The van der Waals surface area contributed by atoms with Gasteiger partial charge in [0.1, 0.15) is 12.4 Å². The monoisotopic (exact) mass is 260 g/mol. The van der Waals surface area contributed by atoms with E-state index in [1.807, 2.05) is 37.3 Å². The quantitative estimate of drug-likeness (QED) is 0.832. The van der Waals surface area contributed by atoms with Gasteiger partial charge in [0.15, 0.2) is 0 Å². The third kappa shape index (κ3) is 3.42. The molecule has 0 spiro atoms. The molecule has 2 rings (SSSR count). The number of para-hydroxylation sites is 1. The van der Waals surface area contributed by atoms with Crippen molar-refractivity contribution < 1.29 is 9.47 Å². The Morgan fingerprint density at radius 2 is 2.05 bits per heavy atom. The Labute approximate surface area is 111 Å². The standard InChI is InChI=1S/C14H16N2O3/c1-10-9-12(16-14(17)15-10)11-5-3-4-6-13(11)19-8-7-18-2/h3-6,9H,7-8H2,1-2H3,(H,15,16,17). The number of nitrogens with zero attached hydrogens (tertiary/aromatic N) is 1. The van der Waals surface area contributed by atoms with E-state index in [0.717, 1.165) is 11.3 Å². The van der Waals surface area contributed by atoms with Crippen molar-refractivity contribution in [2.75, 3.05) is 20.3 Å². The molecule has 1 aromatic carbocycles. The van der Waals surface area contributed by atoms with Crippen LogP contribution in [0.4, 0.5) is 0 Å². The fraction of sp³-hybridized carbons (Fsp3) is 0.286. The number of hydrogen-bond acceptors (Lipinski definition) is 4. The molecular formula is C14H16N2O3. The van der Waals surface area contributed by atoms with E-state index in [1.54, 1.807) is 7.11 Å². The van der Waals surface area contributed by atoms with Crippen LogP contribution in [0.1, 0.15) is 5.69 Å². The molecule has 1 aromatic heterocycles. The first-order valence-corrected chi connectivity index (χ1v) is 6.00. The van der Waals surface area contributed by atoms with Crippen molar-refractivity contribution in [3.8, 4) is 17.0 Å². The highest BCUT2D eigenvalue weighted by molar-refractivity contribution is 5.66. The van der Waals surface area contributed by atoms with E-state index in [0.29, 0.717) is 24.7 Å². The van der Waals surface area contributed by atoms with E-state index in [-0.39, 0.29) is 5.69 Å². The highest BCUT2D eigenvalue weighted by atomic mass is 16.5. The van der Waals surface area contributed by atoms with Gasteiger partial charge in [-0.1, -0.05) is 12.1 Å². The minimum atomic E-state index is -0.360. The molecule has 0 saturated carbocycles. The van der Waals surface area contributed by atoms with Crippen LogP contribution in [0.2, 0.25) is 0 Å². The van der Waals surface area contributed by atoms with Gasteiger partial charge in [-0.2, -0.15) is 4.98 Å². The number of ether oxygens (including phenoxy) is 2. The number of aromatic amines is 1. The third-order valence-corrected chi connectivity index (χ3v) is 2.59. The van der Waals surface area contributed by atoms with Gasteiger partial charge < -0.3 is 14.5 Å². The van der Waals surface area contributed by atoms with Gasteiger partial charge in [-0.05, 0) is 25.1 Å². The smallest absolute Gasteiger partial charge is 0.345 e. The Kier molecular flexibility index (Phi) is 4.30. The first-order valence-electron chi connectivity index (χ1n) is 6.00. The molecule has 0 amide bonds. The Bertz CT molecular complexity index is 608. The molecule has 19 heavy (non-hydrogen) atoms. The summed E-state index contributed by atoms with van der Waals surface area (Å²) in [4.78, 5) is 18.0. The Balaban J connectivity index is 2.35. The molecule has 0 atom stereocenters. The first kappa shape index (κ1) is 13.3. The highest BCUT2D eigenvalue weighted by Gasteiger charge is 2.08. The minimum absolute atomic E-state index is 0.360. The summed E-state index contributed by atoms with van der Waals surface area (Å²) in [6, 6.07) is 9.31. The molecule has 100 valence electrons. The average Bonchev–Trinajstić information content (AvgIpc) is 2.38. The van der Waals surface area contributed by atoms with Gasteiger partial charge in [-0.3, -0.25) is 0 Å². The molecule has 0 unspecified atom stereocenters. The van der Waals surface area contributed by atoms with Gasteiger partial charge in [-0.15, -0.1) is 0 Å². The molecular weight excluding hydrogens is 244 g/mol. The fourth-order valence-electron chi connectivity index (χ4n) is 1.76. The second kappa shape index (κ2) is 6.15. The van der Waals surface area contributed by atoms with Crippen molar-refractivity contribution in [2.24, 2.45) is 0 Å². The lowest BCUT2D eigenvalue weighted by Gasteiger charge is -2.10. The van der Waals surface area contributed by atoms with E-state index in [9.17, 15) is 4.79 Å². The second-order valence-corrected chi connectivity index (χ2v) is 4.09. The molecule has 1 N–H and O–H groups in total. The van der Waals surface area contributed by atoms with Crippen LogP contribution in [0.15, 0.2) is 35.1 Å². The zero-order valence-electron chi connectivity index (χ0n) is 11.0. The zero-order chi connectivity index (χ0) is 13.7. The number of rotatable bonds is 5. The van der Waals surface area contributed by atoms with Crippen molar-refractivity contribution in [1.29, 1.82) is 0 Å². The SMILES string of the molecule is COCCOc1ccccc1-c1cc(C)[nH]c(=O)n1. The maximum atomic E-state index is 11.4. The van der Waals surface area contributed by atoms with Crippen LogP contribution >= 0.6 is 0 Å².